The van der Waals surface area contributed by atoms with Gasteiger partial charge >= 0.3 is 0 Å². The van der Waals surface area contributed by atoms with E-state index < -0.39 is 0 Å². The zero-order chi connectivity index (χ0) is 14.1. The third-order valence-electron chi connectivity index (χ3n) is 3.01. The van der Waals surface area contributed by atoms with Crippen molar-refractivity contribution >= 4 is 34.1 Å². The minimum Gasteiger partial charge on any atom is -0.390 e. The van der Waals surface area contributed by atoms with Gasteiger partial charge in [0.05, 0.1) is 22.8 Å². The van der Waals surface area contributed by atoms with Crippen molar-refractivity contribution < 1.29 is 5.11 Å². The van der Waals surface area contributed by atoms with Crippen molar-refractivity contribution in [2.45, 2.75) is 6.61 Å². The summed E-state index contributed by atoms with van der Waals surface area (Å²) >= 11 is 12.1. The number of rotatable bonds is 2. The van der Waals surface area contributed by atoms with E-state index in [9.17, 15) is 5.11 Å². The van der Waals surface area contributed by atoms with E-state index in [1.807, 2.05) is 24.3 Å². The Bertz CT molecular complexity index is 773. The zero-order valence-electron chi connectivity index (χ0n) is 10.3. The molecule has 2 aromatic carbocycles. The van der Waals surface area contributed by atoms with E-state index in [-0.39, 0.29) is 6.61 Å². The molecule has 1 heterocycles. The average Bonchev–Trinajstić information content (AvgIpc) is 2.47. The van der Waals surface area contributed by atoms with Crippen LogP contribution in [0, 0.1) is 0 Å². The molecule has 3 nitrogen and oxygen atoms in total. The monoisotopic (exact) mass is 304 g/mol. The molecule has 3 aromatic rings. The van der Waals surface area contributed by atoms with Crippen LogP contribution < -0.4 is 0 Å². The maximum atomic E-state index is 9.49. The van der Waals surface area contributed by atoms with E-state index in [0.717, 1.165) is 10.9 Å². The van der Waals surface area contributed by atoms with Crippen LogP contribution in [0.4, 0.5) is 0 Å². The fourth-order valence-corrected chi connectivity index (χ4v) is 2.37. The summed E-state index contributed by atoms with van der Waals surface area (Å²) in [4.78, 5) is 8.88. The summed E-state index contributed by atoms with van der Waals surface area (Å²) in [6.45, 7) is -0.167. The second-order valence-corrected chi connectivity index (χ2v) is 5.14. The number of aliphatic hydroxyl groups excluding tert-OH is 1. The normalized spacial score (nSPS) is 10.9. The minimum atomic E-state index is -0.167. The molecule has 5 heteroatoms. The molecule has 0 bridgehead atoms. The molecule has 0 aliphatic heterocycles. The molecule has 0 amide bonds. The van der Waals surface area contributed by atoms with Gasteiger partial charge in [-0.25, -0.2) is 9.97 Å². The molecule has 0 saturated heterocycles. The van der Waals surface area contributed by atoms with E-state index in [2.05, 4.69) is 9.97 Å². The van der Waals surface area contributed by atoms with Crippen molar-refractivity contribution in [3.63, 3.8) is 0 Å². The van der Waals surface area contributed by atoms with Gasteiger partial charge < -0.3 is 5.11 Å². The van der Waals surface area contributed by atoms with Crippen LogP contribution in [0.3, 0.4) is 0 Å². The molecule has 0 fully saturated rings. The number of hydrogen-bond acceptors (Lipinski definition) is 3. The largest absolute Gasteiger partial charge is 0.390 e. The van der Waals surface area contributed by atoms with Gasteiger partial charge in [0.15, 0.2) is 5.82 Å². The molecule has 0 saturated carbocycles. The maximum absolute atomic E-state index is 9.49. The van der Waals surface area contributed by atoms with Crippen LogP contribution in [0.1, 0.15) is 5.69 Å². The SMILES string of the molecule is OCc1nc(-c2ccc(Cl)cc2)nc2c(Cl)cccc12. The molecule has 0 radical (unpaired) electrons. The molecule has 20 heavy (non-hydrogen) atoms. The zero-order valence-corrected chi connectivity index (χ0v) is 11.9. The topological polar surface area (TPSA) is 46.0 Å². The van der Waals surface area contributed by atoms with E-state index in [4.69, 9.17) is 23.2 Å². The van der Waals surface area contributed by atoms with Crippen molar-refractivity contribution in [2.24, 2.45) is 0 Å². The summed E-state index contributed by atoms with van der Waals surface area (Å²) in [6.07, 6.45) is 0. The smallest absolute Gasteiger partial charge is 0.160 e. The van der Waals surface area contributed by atoms with Gasteiger partial charge in [0.25, 0.3) is 0 Å². The summed E-state index contributed by atoms with van der Waals surface area (Å²) in [7, 11) is 0. The van der Waals surface area contributed by atoms with Crippen molar-refractivity contribution in [1.82, 2.24) is 9.97 Å². The highest BCUT2D eigenvalue weighted by atomic mass is 35.5. The summed E-state index contributed by atoms with van der Waals surface area (Å²) in [5.74, 6) is 0.520. The van der Waals surface area contributed by atoms with Crippen LogP contribution in [0.25, 0.3) is 22.3 Å². The van der Waals surface area contributed by atoms with E-state index in [1.165, 1.54) is 0 Å². The highest BCUT2D eigenvalue weighted by Crippen LogP contribution is 2.27. The molecule has 1 aromatic heterocycles. The lowest BCUT2D eigenvalue weighted by atomic mass is 10.1. The number of nitrogens with zero attached hydrogens (tertiary/aromatic N) is 2. The standard InChI is InChI=1S/C15H10Cl2N2O/c16-10-6-4-9(5-7-10)15-18-13(8-20)11-2-1-3-12(17)14(11)19-15/h1-7,20H,8H2. The van der Waals surface area contributed by atoms with E-state index in [1.54, 1.807) is 18.2 Å². The number of para-hydroxylation sites is 1. The first-order chi connectivity index (χ1) is 9.69. The third kappa shape index (κ3) is 2.36. The third-order valence-corrected chi connectivity index (χ3v) is 3.57. The lowest BCUT2D eigenvalue weighted by molar-refractivity contribution is 0.278. The van der Waals surface area contributed by atoms with Gasteiger partial charge in [-0.1, -0.05) is 35.3 Å². The van der Waals surface area contributed by atoms with Crippen LogP contribution in [-0.2, 0) is 6.61 Å². The van der Waals surface area contributed by atoms with E-state index >= 15 is 0 Å². The summed E-state index contributed by atoms with van der Waals surface area (Å²) in [6, 6.07) is 12.6. The highest BCUT2D eigenvalue weighted by molar-refractivity contribution is 6.35. The van der Waals surface area contributed by atoms with E-state index in [0.29, 0.717) is 27.1 Å². The molecular weight excluding hydrogens is 295 g/mol. The van der Waals surface area contributed by atoms with Crippen molar-refractivity contribution in [3.8, 4) is 11.4 Å². The number of benzene rings is 2. The Balaban J connectivity index is 2.27. The number of aromatic nitrogens is 2. The van der Waals surface area contributed by atoms with Crippen LogP contribution in [0.15, 0.2) is 42.5 Å². The van der Waals surface area contributed by atoms with Crippen LogP contribution in [-0.4, -0.2) is 15.1 Å². The van der Waals surface area contributed by atoms with Gasteiger partial charge in [0.1, 0.15) is 0 Å². The fraction of sp³-hybridized carbons (Fsp3) is 0.0667. The lowest BCUT2D eigenvalue weighted by Gasteiger charge is -2.08. The first-order valence-electron chi connectivity index (χ1n) is 6.01. The number of halogens is 2. The maximum Gasteiger partial charge on any atom is 0.160 e. The molecule has 1 N–H and O–H groups in total. The molecule has 0 aliphatic carbocycles. The molecule has 3 rings (SSSR count). The van der Waals surface area contributed by atoms with Gasteiger partial charge in [0.2, 0.25) is 0 Å². The van der Waals surface area contributed by atoms with Gasteiger partial charge in [-0.3, -0.25) is 0 Å². The molecule has 0 atom stereocenters. The van der Waals surface area contributed by atoms with Gasteiger partial charge in [-0.15, -0.1) is 0 Å². The van der Waals surface area contributed by atoms with Gasteiger partial charge in [-0.05, 0) is 30.3 Å². The summed E-state index contributed by atoms with van der Waals surface area (Å²) in [5.41, 5.74) is 2.02. The number of fused-ring (bicyclic) bond motifs is 1. The molecule has 0 aliphatic rings. The second kappa shape index (κ2) is 5.37. The Hall–Kier alpha value is -1.68. The van der Waals surface area contributed by atoms with Crippen molar-refractivity contribution in [2.75, 3.05) is 0 Å². The summed E-state index contributed by atoms with van der Waals surface area (Å²) < 4.78 is 0. The predicted molar refractivity (Wildman–Crippen MR) is 80.9 cm³/mol. The molecule has 0 unspecified atom stereocenters. The Morgan fingerprint density at radius 3 is 2.40 bits per heavy atom. The Kier molecular flexibility index (Phi) is 3.57. The second-order valence-electron chi connectivity index (χ2n) is 4.29. The quantitative estimate of drug-likeness (QED) is 0.775. The minimum absolute atomic E-state index is 0.167. The molecular formula is C15H10Cl2N2O. The number of hydrogen-bond donors (Lipinski definition) is 1. The van der Waals surface area contributed by atoms with Crippen molar-refractivity contribution in [1.29, 1.82) is 0 Å². The Labute approximate surface area is 125 Å². The predicted octanol–water partition coefficient (Wildman–Crippen LogP) is 4.10. The van der Waals surface area contributed by atoms with Crippen LogP contribution in [0.2, 0.25) is 10.0 Å². The van der Waals surface area contributed by atoms with Crippen molar-refractivity contribution in [3.05, 3.63) is 58.2 Å². The number of aliphatic hydroxyl groups is 1. The van der Waals surface area contributed by atoms with Crippen LogP contribution >= 0.6 is 23.2 Å². The fourth-order valence-electron chi connectivity index (χ4n) is 2.03. The average molecular weight is 305 g/mol. The highest BCUT2D eigenvalue weighted by Gasteiger charge is 2.10. The first-order valence-corrected chi connectivity index (χ1v) is 6.76. The summed E-state index contributed by atoms with van der Waals surface area (Å²) in [5, 5.41) is 11.4. The van der Waals surface area contributed by atoms with Crippen LogP contribution in [0.5, 0.6) is 0 Å². The lowest BCUT2D eigenvalue weighted by Crippen LogP contribution is -1.98. The molecule has 0 spiro atoms. The Morgan fingerprint density at radius 2 is 1.70 bits per heavy atom. The van der Waals surface area contributed by atoms with Gasteiger partial charge in [-0.2, -0.15) is 0 Å². The van der Waals surface area contributed by atoms with Gasteiger partial charge in [0, 0.05) is 16.0 Å². The first kappa shape index (κ1) is 13.3. The Morgan fingerprint density at radius 1 is 0.950 bits per heavy atom. The molecule has 100 valence electrons.